The van der Waals surface area contributed by atoms with Crippen molar-refractivity contribution in [3.8, 4) is 0 Å². The van der Waals surface area contributed by atoms with E-state index in [0.717, 1.165) is 24.9 Å². The van der Waals surface area contributed by atoms with Gasteiger partial charge in [0.25, 0.3) is 5.56 Å². The van der Waals surface area contributed by atoms with Gasteiger partial charge in [0.1, 0.15) is 0 Å². The number of carbonyl (C=O) groups excluding carboxylic acids is 1. The fourth-order valence-electron chi connectivity index (χ4n) is 3.87. The summed E-state index contributed by atoms with van der Waals surface area (Å²) in [6.07, 6.45) is 3.26. The molecule has 4 rings (SSSR count). The highest BCUT2D eigenvalue weighted by atomic mass is 35.5. The van der Waals surface area contributed by atoms with E-state index in [1.54, 1.807) is 22.8 Å². The smallest absolute Gasteiger partial charge is 0.262 e. The van der Waals surface area contributed by atoms with Gasteiger partial charge in [-0.1, -0.05) is 53.7 Å². The maximum absolute atomic E-state index is 13.2. The zero-order valence-corrected chi connectivity index (χ0v) is 18.5. The average Bonchev–Trinajstić information content (AvgIpc) is 2.75. The van der Waals surface area contributed by atoms with Gasteiger partial charge in [-0.05, 0) is 49.9 Å². The number of amides is 1. The SMILES string of the molecule is C[C@H]1CCCCN1C(=O)CSc1nc2cc(Cl)ccc2c(=O)n1Cc1ccccc1. The number of hydrogen-bond donors (Lipinski definition) is 0. The number of nitrogens with zero attached hydrogens (tertiary/aromatic N) is 3. The van der Waals surface area contributed by atoms with Crippen LogP contribution < -0.4 is 5.56 Å². The highest BCUT2D eigenvalue weighted by Gasteiger charge is 2.24. The minimum absolute atomic E-state index is 0.0962. The average molecular weight is 442 g/mol. The molecule has 30 heavy (non-hydrogen) atoms. The Hall–Kier alpha value is -2.31. The van der Waals surface area contributed by atoms with Gasteiger partial charge in [-0.25, -0.2) is 4.98 Å². The zero-order chi connectivity index (χ0) is 21.1. The summed E-state index contributed by atoms with van der Waals surface area (Å²) in [5.74, 6) is 0.358. The first kappa shape index (κ1) is 20.9. The molecule has 1 saturated heterocycles. The molecule has 1 atom stereocenters. The minimum Gasteiger partial charge on any atom is -0.339 e. The molecule has 0 saturated carbocycles. The van der Waals surface area contributed by atoms with Crippen LogP contribution in [0.5, 0.6) is 0 Å². The topological polar surface area (TPSA) is 55.2 Å². The zero-order valence-electron chi connectivity index (χ0n) is 16.9. The van der Waals surface area contributed by atoms with Crippen molar-refractivity contribution in [2.24, 2.45) is 0 Å². The summed E-state index contributed by atoms with van der Waals surface area (Å²) in [4.78, 5) is 32.7. The van der Waals surface area contributed by atoms with E-state index in [0.29, 0.717) is 27.6 Å². The van der Waals surface area contributed by atoms with Gasteiger partial charge < -0.3 is 4.90 Å². The molecule has 3 aromatic rings. The maximum atomic E-state index is 13.2. The van der Waals surface area contributed by atoms with Crippen LogP contribution >= 0.6 is 23.4 Å². The predicted octanol–water partition coefficient (Wildman–Crippen LogP) is 4.59. The Balaban J connectivity index is 1.66. The highest BCUT2D eigenvalue weighted by Crippen LogP contribution is 2.23. The largest absolute Gasteiger partial charge is 0.339 e. The Morgan fingerprint density at radius 2 is 2.00 bits per heavy atom. The van der Waals surface area contributed by atoms with Gasteiger partial charge in [0.05, 0.1) is 23.2 Å². The Bertz CT molecular complexity index is 1120. The molecule has 2 heterocycles. The molecule has 7 heteroatoms. The number of thioether (sulfide) groups is 1. The van der Waals surface area contributed by atoms with Gasteiger partial charge in [-0.2, -0.15) is 0 Å². The van der Waals surface area contributed by atoms with E-state index in [-0.39, 0.29) is 23.3 Å². The lowest BCUT2D eigenvalue weighted by atomic mass is 10.0. The molecule has 0 radical (unpaired) electrons. The van der Waals surface area contributed by atoms with E-state index in [1.807, 2.05) is 35.2 Å². The van der Waals surface area contributed by atoms with Crippen LogP contribution in [0.2, 0.25) is 5.02 Å². The second-order valence-corrected chi connectivity index (χ2v) is 9.03. The molecular formula is C23H24ClN3O2S. The Morgan fingerprint density at radius 3 is 2.77 bits per heavy atom. The Kier molecular flexibility index (Phi) is 6.44. The van der Waals surface area contributed by atoms with Gasteiger partial charge in [0.15, 0.2) is 5.16 Å². The second kappa shape index (κ2) is 9.23. The number of aromatic nitrogens is 2. The molecule has 1 aromatic heterocycles. The van der Waals surface area contributed by atoms with Crippen molar-refractivity contribution >= 4 is 40.2 Å². The van der Waals surface area contributed by atoms with E-state index >= 15 is 0 Å². The van der Waals surface area contributed by atoms with E-state index in [1.165, 1.54) is 18.2 Å². The van der Waals surface area contributed by atoms with E-state index in [2.05, 4.69) is 6.92 Å². The van der Waals surface area contributed by atoms with Crippen LogP contribution in [0.4, 0.5) is 0 Å². The van der Waals surface area contributed by atoms with E-state index in [4.69, 9.17) is 16.6 Å². The molecule has 1 aliphatic heterocycles. The quantitative estimate of drug-likeness (QED) is 0.429. The number of hydrogen-bond acceptors (Lipinski definition) is 4. The molecule has 1 fully saturated rings. The van der Waals surface area contributed by atoms with Crippen molar-refractivity contribution in [2.75, 3.05) is 12.3 Å². The van der Waals surface area contributed by atoms with Crippen LogP contribution in [-0.4, -0.2) is 38.7 Å². The summed E-state index contributed by atoms with van der Waals surface area (Å²) in [6, 6.07) is 15.2. The van der Waals surface area contributed by atoms with Crippen LogP contribution in [0, 0.1) is 0 Å². The first-order valence-corrected chi connectivity index (χ1v) is 11.6. The molecule has 1 amide bonds. The van der Waals surface area contributed by atoms with Crippen LogP contribution in [0.3, 0.4) is 0 Å². The number of piperidine rings is 1. The first-order valence-electron chi connectivity index (χ1n) is 10.2. The summed E-state index contributed by atoms with van der Waals surface area (Å²) in [7, 11) is 0. The summed E-state index contributed by atoms with van der Waals surface area (Å²) < 4.78 is 1.66. The van der Waals surface area contributed by atoms with E-state index < -0.39 is 0 Å². The summed E-state index contributed by atoms with van der Waals surface area (Å²) in [5.41, 5.74) is 1.44. The Morgan fingerprint density at radius 1 is 1.20 bits per heavy atom. The summed E-state index contributed by atoms with van der Waals surface area (Å²) in [6.45, 7) is 3.31. The Labute approximate surface area is 185 Å². The maximum Gasteiger partial charge on any atom is 0.262 e. The standard InChI is InChI=1S/C23H24ClN3O2S/c1-16-7-5-6-12-26(16)21(28)15-30-23-25-20-13-18(24)10-11-19(20)22(29)27(23)14-17-8-3-2-4-9-17/h2-4,8-11,13,16H,5-7,12,14-15H2,1H3/t16-/m0/s1. The third-order valence-corrected chi connectivity index (χ3v) is 6.71. The van der Waals surface area contributed by atoms with Crippen molar-refractivity contribution in [3.63, 3.8) is 0 Å². The van der Waals surface area contributed by atoms with Crippen LogP contribution in [0.15, 0.2) is 58.5 Å². The molecule has 0 bridgehead atoms. The molecular weight excluding hydrogens is 418 g/mol. The molecule has 156 valence electrons. The van der Waals surface area contributed by atoms with Crippen molar-refractivity contribution in [1.82, 2.24) is 14.5 Å². The normalized spacial score (nSPS) is 16.7. The number of benzene rings is 2. The van der Waals surface area contributed by atoms with Gasteiger partial charge >= 0.3 is 0 Å². The van der Waals surface area contributed by atoms with Gasteiger partial charge in [-0.3, -0.25) is 14.2 Å². The second-order valence-electron chi connectivity index (χ2n) is 7.65. The number of fused-ring (bicyclic) bond motifs is 1. The number of likely N-dealkylation sites (tertiary alicyclic amines) is 1. The number of halogens is 1. The fraction of sp³-hybridized carbons (Fsp3) is 0.348. The van der Waals surface area contributed by atoms with Crippen LogP contribution in [-0.2, 0) is 11.3 Å². The molecule has 0 N–H and O–H groups in total. The van der Waals surface area contributed by atoms with Crippen molar-refractivity contribution < 1.29 is 4.79 Å². The lowest BCUT2D eigenvalue weighted by Crippen LogP contribution is -2.43. The van der Waals surface area contributed by atoms with Crippen molar-refractivity contribution in [2.45, 2.75) is 43.9 Å². The van der Waals surface area contributed by atoms with Crippen LogP contribution in [0.25, 0.3) is 10.9 Å². The summed E-state index contributed by atoms with van der Waals surface area (Å²) in [5, 5.41) is 1.59. The fourth-order valence-corrected chi connectivity index (χ4v) is 4.92. The lowest BCUT2D eigenvalue weighted by Gasteiger charge is -2.33. The number of carbonyl (C=O) groups is 1. The monoisotopic (exact) mass is 441 g/mol. The third kappa shape index (κ3) is 4.55. The molecule has 5 nitrogen and oxygen atoms in total. The van der Waals surface area contributed by atoms with Crippen molar-refractivity contribution in [1.29, 1.82) is 0 Å². The van der Waals surface area contributed by atoms with Crippen LogP contribution in [0.1, 0.15) is 31.7 Å². The van der Waals surface area contributed by atoms with E-state index in [9.17, 15) is 9.59 Å². The van der Waals surface area contributed by atoms with Gasteiger partial charge in [0, 0.05) is 17.6 Å². The van der Waals surface area contributed by atoms with Crippen molar-refractivity contribution in [3.05, 3.63) is 69.5 Å². The van der Waals surface area contributed by atoms with Gasteiger partial charge in [0.2, 0.25) is 5.91 Å². The third-order valence-electron chi connectivity index (χ3n) is 5.51. The molecule has 0 spiro atoms. The van der Waals surface area contributed by atoms with Gasteiger partial charge in [-0.15, -0.1) is 0 Å². The molecule has 0 unspecified atom stereocenters. The number of rotatable bonds is 5. The molecule has 0 aliphatic carbocycles. The first-order chi connectivity index (χ1) is 14.5. The highest BCUT2D eigenvalue weighted by molar-refractivity contribution is 7.99. The minimum atomic E-state index is -0.123. The predicted molar refractivity (Wildman–Crippen MR) is 122 cm³/mol. The molecule has 2 aromatic carbocycles. The summed E-state index contributed by atoms with van der Waals surface area (Å²) >= 11 is 7.44. The lowest BCUT2D eigenvalue weighted by molar-refractivity contribution is -0.131. The molecule has 1 aliphatic rings.